The van der Waals surface area contributed by atoms with Gasteiger partial charge in [0.2, 0.25) is 0 Å². The summed E-state index contributed by atoms with van der Waals surface area (Å²) in [5.41, 5.74) is 14.7. The SMILES string of the molecule is COc1cc2c(cc1OCCCOc1cc3c(cc1C)C(=O)N1C=C(c4ccc(N)cc4)C[C@H]1[C@H](S(=O)(=O)O)C3)CC[C@@H]1CC(c3ccc(C)cc3)=CN1C2=O. The molecule has 4 heterocycles. The van der Waals surface area contributed by atoms with E-state index in [1.54, 1.807) is 43.6 Å². The molecule has 12 heteroatoms. The van der Waals surface area contributed by atoms with Gasteiger partial charge in [-0.1, -0.05) is 42.0 Å². The lowest BCUT2D eigenvalue weighted by atomic mass is 9.96. The molecule has 290 valence electrons. The molecule has 4 aromatic carbocycles. The molecule has 56 heavy (non-hydrogen) atoms. The average molecular weight is 776 g/mol. The van der Waals surface area contributed by atoms with Crippen molar-refractivity contribution >= 4 is 38.8 Å². The molecule has 0 aliphatic carbocycles. The van der Waals surface area contributed by atoms with Crippen molar-refractivity contribution in [2.24, 2.45) is 0 Å². The Balaban J connectivity index is 0.933. The topological polar surface area (TPSA) is 149 Å². The maximum Gasteiger partial charge on any atom is 0.270 e. The van der Waals surface area contributed by atoms with Gasteiger partial charge in [-0.05, 0) is 121 Å². The lowest BCUT2D eigenvalue weighted by Crippen LogP contribution is -2.43. The molecule has 0 unspecified atom stereocenters. The quantitative estimate of drug-likeness (QED) is 0.0986. The van der Waals surface area contributed by atoms with Gasteiger partial charge in [-0.3, -0.25) is 14.1 Å². The maximum atomic E-state index is 13.9. The van der Waals surface area contributed by atoms with Crippen LogP contribution in [0, 0.1) is 13.8 Å². The van der Waals surface area contributed by atoms with Crippen molar-refractivity contribution in [3.8, 4) is 17.2 Å². The Kier molecular flexibility index (Phi) is 9.88. The van der Waals surface area contributed by atoms with E-state index < -0.39 is 21.4 Å². The summed E-state index contributed by atoms with van der Waals surface area (Å²) in [7, 11) is -2.97. The van der Waals surface area contributed by atoms with Crippen molar-refractivity contribution in [1.82, 2.24) is 9.80 Å². The summed E-state index contributed by atoms with van der Waals surface area (Å²) in [6.45, 7) is 4.51. The molecular weight excluding hydrogens is 731 g/mol. The summed E-state index contributed by atoms with van der Waals surface area (Å²) in [5, 5.41) is -1.23. The minimum Gasteiger partial charge on any atom is -0.493 e. The van der Waals surface area contributed by atoms with Gasteiger partial charge in [0.25, 0.3) is 21.9 Å². The Morgan fingerprint density at radius 2 is 1.36 bits per heavy atom. The third-order valence-electron chi connectivity index (χ3n) is 11.4. The molecule has 0 saturated heterocycles. The van der Waals surface area contributed by atoms with Gasteiger partial charge in [0.05, 0.1) is 26.4 Å². The van der Waals surface area contributed by atoms with Gasteiger partial charge >= 0.3 is 0 Å². The predicted molar refractivity (Wildman–Crippen MR) is 214 cm³/mol. The summed E-state index contributed by atoms with van der Waals surface area (Å²) < 4.78 is 53.9. The van der Waals surface area contributed by atoms with Gasteiger partial charge in [-0.15, -0.1) is 0 Å². The fourth-order valence-electron chi connectivity index (χ4n) is 8.37. The molecule has 0 aromatic heterocycles. The van der Waals surface area contributed by atoms with Crippen molar-refractivity contribution in [2.45, 2.75) is 69.7 Å². The smallest absolute Gasteiger partial charge is 0.270 e. The number of aryl methyl sites for hydroxylation is 3. The monoisotopic (exact) mass is 775 g/mol. The van der Waals surface area contributed by atoms with E-state index in [9.17, 15) is 22.6 Å². The first-order valence-electron chi connectivity index (χ1n) is 18.9. The molecule has 3 atom stereocenters. The zero-order valence-corrected chi connectivity index (χ0v) is 32.5. The second-order valence-corrected chi connectivity index (χ2v) is 16.8. The fraction of sp³-hybridized carbons (Fsp3) is 0.318. The summed E-state index contributed by atoms with van der Waals surface area (Å²) in [4.78, 5) is 31.1. The molecule has 2 amide bonds. The van der Waals surface area contributed by atoms with Gasteiger partial charge < -0.3 is 29.7 Å². The second kappa shape index (κ2) is 14.8. The standard InChI is InChI=1S/C44H45N3O8S/c1-26-5-7-28(8-6-26)32-18-35-14-11-30-20-41(40(53-3)23-37(30)43(48)46(35)24-32)55-16-4-15-54-39-21-31-22-42(56(50,51)52)38-19-33(29-9-12-34(45)13-10-29)25-47(38)44(49)36(31)17-27(39)2/h5-10,12-13,17,20-21,23-25,35,38,42H,4,11,14-16,18-19,22,45H2,1-3H3,(H,50,51,52)/t35-,38+,42-/m1/s1. The summed E-state index contributed by atoms with van der Waals surface area (Å²) in [6, 6.07) is 22.1. The average Bonchev–Trinajstić information content (AvgIpc) is 3.76. The number of anilines is 1. The highest BCUT2D eigenvalue weighted by molar-refractivity contribution is 7.86. The van der Waals surface area contributed by atoms with Crippen LogP contribution < -0.4 is 19.9 Å². The Bertz CT molecular complexity index is 2390. The van der Waals surface area contributed by atoms with Crippen LogP contribution in [-0.2, 0) is 23.0 Å². The molecule has 0 radical (unpaired) electrons. The van der Waals surface area contributed by atoms with E-state index in [1.807, 2.05) is 36.2 Å². The number of carbonyl (C=O) groups is 2. The maximum absolute atomic E-state index is 13.9. The van der Waals surface area contributed by atoms with Crippen LogP contribution in [0.2, 0.25) is 0 Å². The number of nitrogen functional groups attached to an aromatic ring is 1. The van der Waals surface area contributed by atoms with Gasteiger partial charge in [0.1, 0.15) is 11.0 Å². The highest BCUT2D eigenvalue weighted by Crippen LogP contribution is 2.41. The van der Waals surface area contributed by atoms with E-state index >= 15 is 0 Å². The number of hydrogen-bond donors (Lipinski definition) is 2. The van der Waals surface area contributed by atoms with Crippen LogP contribution in [0.3, 0.4) is 0 Å². The molecule has 11 nitrogen and oxygen atoms in total. The van der Waals surface area contributed by atoms with Gasteiger partial charge in [0, 0.05) is 41.7 Å². The van der Waals surface area contributed by atoms with Crippen molar-refractivity contribution in [1.29, 1.82) is 0 Å². The zero-order valence-electron chi connectivity index (χ0n) is 31.7. The Morgan fingerprint density at radius 1 is 0.750 bits per heavy atom. The number of fused-ring (bicyclic) bond motifs is 4. The first kappa shape index (κ1) is 37.3. The second-order valence-electron chi connectivity index (χ2n) is 15.1. The highest BCUT2D eigenvalue weighted by atomic mass is 32.2. The predicted octanol–water partition coefficient (Wildman–Crippen LogP) is 7.01. The first-order valence-corrected chi connectivity index (χ1v) is 20.4. The van der Waals surface area contributed by atoms with Crippen LogP contribution in [0.15, 0.2) is 85.2 Å². The van der Waals surface area contributed by atoms with E-state index in [-0.39, 0.29) is 37.3 Å². The largest absolute Gasteiger partial charge is 0.493 e. The van der Waals surface area contributed by atoms with Crippen LogP contribution in [0.25, 0.3) is 11.1 Å². The molecule has 4 aliphatic rings. The number of hydrogen-bond acceptors (Lipinski definition) is 8. The van der Waals surface area contributed by atoms with Crippen LogP contribution in [0.5, 0.6) is 17.2 Å². The minimum atomic E-state index is -4.53. The van der Waals surface area contributed by atoms with E-state index in [4.69, 9.17) is 19.9 Å². The van der Waals surface area contributed by atoms with Gasteiger partial charge in [-0.25, -0.2) is 0 Å². The van der Waals surface area contributed by atoms with Crippen molar-refractivity contribution in [3.63, 3.8) is 0 Å². The first-order chi connectivity index (χ1) is 26.9. The molecule has 0 fully saturated rings. The van der Waals surface area contributed by atoms with Crippen LogP contribution in [-0.4, -0.2) is 72.2 Å². The van der Waals surface area contributed by atoms with E-state index in [0.29, 0.717) is 52.7 Å². The van der Waals surface area contributed by atoms with Crippen LogP contribution in [0.1, 0.15) is 79.8 Å². The molecular formula is C44H45N3O8S. The fourth-order valence-corrected chi connectivity index (χ4v) is 9.38. The van der Waals surface area contributed by atoms with E-state index in [0.717, 1.165) is 47.1 Å². The Hall–Kier alpha value is -5.59. The number of methoxy groups -OCH3 is 1. The number of nitrogens with two attached hydrogens (primary N) is 1. The summed E-state index contributed by atoms with van der Waals surface area (Å²) in [5.74, 6) is 1.19. The lowest BCUT2D eigenvalue weighted by molar-refractivity contribution is 0.0780. The van der Waals surface area contributed by atoms with Gasteiger partial charge in [-0.2, -0.15) is 8.42 Å². The number of nitrogens with zero attached hydrogens (tertiary/aromatic N) is 2. The third-order valence-corrected chi connectivity index (χ3v) is 12.7. The number of carbonyl (C=O) groups excluding carboxylic acids is 2. The minimum absolute atomic E-state index is 0.0385. The van der Waals surface area contributed by atoms with Crippen LogP contribution >= 0.6 is 0 Å². The zero-order chi connectivity index (χ0) is 39.3. The number of benzene rings is 4. The highest BCUT2D eigenvalue weighted by Gasteiger charge is 2.45. The third kappa shape index (κ3) is 7.14. The van der Waals surface area contributed by atoms with Crippen LogP contribution in [0.4, 0.5) is 5.69 Å². The van der Waals surface area contributed by atoms with Crippen molar-refractivity contribution < 1.29 is 36.8 Å². The molecule has 4 aromatic rings. The normalized spacial score (nSPS) is 20.2. The lowest BCUT2D eigenvalue weighted by Gasteiger charge is -2.26. The van der Waals surface area contributed by atoms with E-state index in [1.165, 1.54) is 16.0 Å². The molecule has 0 bridgehead atoms. The number of ether oxygens (including phenoxy) is 3. The summed E-state index contributed by atoms with van der Waals surface area (Å²) >= 11 is 0. The Labute approximate surface area is 327 Å². The molecule has 4 aliphatic heterocycles. The number of amides is 2. The van der Waals surface area contributed by atoms with Crippen molar-refractivity contribution in [3.05, 3.63) is 130 Å². The number of rotatable bonds is 10. The summed E-state index contributed by atoms with van der Waals surface area (Å²) in [6.07, 6.45) is 6.80. The van der Waals surface area contributed by atoms with E-state index in [2.05, 4.69) is 31.2 Å². The molecule has 3 N–H and O–H groups in total. The van der Waals surface area contributed by atoms with Gasteiger partial charge in [0.15, 0.2) is 11.5 Å². The Morgan fingerprint density at radius 3 is 2.05 bits per heavy atom. The molecule has 8 rings (SSSR count). The molecule has 0 saturated carbocycles. The van der Waals surface area contributed by atoms with Crippen molar-refractivity contribution in [2.75, 3.05) is 26.1 Å². The molecule has 0 spiro atoms.